The van der Waals surface area contributed by atoms with E-state index in [1.54, 1.807) is 0 Å². The second-order valence-corrected chi connectivity index (χ2v) is 14.5. The average Bonchev–Trinajstić information content (AvgIpc) is 2.63. The normalized spacial score (nSPS) is 25.3. The molecule has 0 bridgehead atoms. The van der Waals surface area contributed by atoms with Crippen LogP contribution in [0.4, 0.5) is 0 Å². The van der Waals surface area contributed by atoms with E-state index in [1.807, 2.05) is 34.9 Å². The van der Waals surface area contributed by atoms with Crippen LogP contribution in [0.1, 0.15) is 39.2 Å². The molecule has 2 aliphatic rings. The van der Waals surface area contributed by atoms with Gasteiger partial charge >= 0.3 is 11.9 Å². The van der Waals surface area contributed by atoms with Gasteiger partial charge in [0, 0.05) is 6.42 Å². The van der Waals surface area contributed by atoms with Gasteiger partial charge in [-0.05, 0) is 10.6 Å². The van der Waals surface area contributed by atoms with Crippen LogP contribution >= 0.6 is 0 Å². The molecule has 0 aliphatic carbocycles. The van der Waals surface area contributed by atoms with Gasteiger partial charge in [-0.25, -0.2) is 0 Å². The second-order valence-electron chi connectivity index (χ2n) is 9.37. The van der Waals surface area contributed by atoms with Crippen LogP contribution in [0.2, 0.25) is 18.1 Å². The lowest BCUT2D eigenvalue weighted by Crippen LogP contribution is -2.77. The van der Waals surface area contributed by atoms with Crippen molar-refractivity contribution in [3.8, 4) is 0 Å². The van der Waals surface area contributed by atoms with E-state index in [0.29, 0.717) is 6.54 Å². The summed E-state index contributed by atoms with van der Waals surface area (Å²) in [6, 6.07) is 9.38. The van der Waals surface area contributed by atoms with Crippen LogP contribution in [0, 0.1) is 5.92 Å². The lowest BCUT2D eigenvalue weighted by Gasteiger charge is -2.58. The number of β-lactam (4-membered cyclic amide) rings is 1. The highest BCUT2D eigenvalue weighted by Gasteiger charge is 2.64. The molecule has 2 aliphatic heterocycles. The van der Waals surface area contributed by atoms with Crippen LogP contribution in [-0.4, -0.2) is 42.8 Å². The number of carbonyl (C=O) groups is 3. The third-order valence-electron chi connectivity index (χ3n) is 6.41. The van der Waals surface area contributed by atoms with Crippen molar-refractivity contribution < 1.29 is 23.9 Å². The van der Waals surface area contributed by atoms with Crippen molar-refractivity contribution in [3.05, 3.63) is 35.9 Å². The Bertz CT molecular complexity index is 786. The third-order valence-corrected chi connectivity index (χ3v) is 11.8. The van der Waals surface area contributed by atoms with Crippen molar-refractivity contribution in [1.82, 2.24) is 4.57 Å². The molecular formula is C21H29NO5Si. The van der Waals surface area contributed by atoms with Crippen LogP contribution in [-0.2, 0) is 30.5 Å². The summed E-state index contributed by atoms with van der Waals surface area (Å²) >= 11 is 0. The Morgan fingerprint density at radius 3 is 2.46 bits per heavy atom. The van der Waals surface area contributed by atoms with E-state index in [2.05, 4.69) is 33.9 Å². The molecule has 2 fully saturated rings. The molecule has 1 aromatic rings. The first-order valence-electron chi connectivity index (χ1n) is 9.71. The fraction of sp³-hybridized carbons (Fsp3) is 0.571. The van der Waals surface area contributed by atoms with Crippen LogP contribution < -0.4 is 0 Å². The maximum Gasteiger partial charge on any atom is 0.310 e. The lowest BCUT2D eigenvalue weighted by atomic mass is 9.81. The Morgan fingerprint density at radius 2 is 1.89 bits per heavy atom. The minimum atomic E-state index is -2.05. The van der Waals surface area contributed by atoms with Crippen LogP contribution in [0.3, 0.4) is 0 Å². The molecule has 6 nitrogen and oxygen atoms in total. The van der Waals surface area contributed by atoms with E-state index in [4.69, 9.17) is 9.47 Å². The van der Waals surface area contributed by atoms with Crippen molar-refractivity contribution in [3.63, 3.8) is 0 Å². The number of ether oxygens (including phenoxy) is 2. The predicted octanol–water partition coefficient (Wildman–Crippen LogP) is 3.27. The van der Waals surface area contributed by atoms with Gasteiger partial charge in [-0.1, -0.05) is 64.2 Å². The first-order valence-corrected chi connectivity index (χ1v) is 12.7. The zero-order chi connectivity index (χ0) is 20.7. The highest BCUT2D eigenvalue weighted by Crippen LogP contribution is 2.47. The van der Waals surface area contributed by atoms with Gasteiger partial charge in [-0.3, -0.25) is 14.4 Å². The zero-order valence-corrected chi connectivity index (χ0v) is 18.3. The zero-order valence-electron chi connectivity index (χ0n) is 17.3. The Labute approximate surface area is 167 Å². The summed E-state index contributed by atoms with van der Waals surface area (Å²) in [5.41, 5.74) is -0.311. The Hall–Kier alpha value is -2.15. The highest BCUT2D eigenvalue weighted by atomic mass is 28.3. The second kappa shape index (κ2) is 7.03. The minimum absolute atomic E-state index is 0.00301. The van der Waals surface area contributed by atoms with E-state index in [9.17, 15) is 14.4 Å². The molecule has 0 saturated carbocycles. The topological polar surface area (TPSA) is 72.9 Å². The van der Waals surface area contributed by atoms with E-state index in [-0.39, 0.29) is 30.4 Å². The maximum atomic E-state index is 13.1. The molecule has 0 aromatic heterocycles. The fourth-order valence-corrected chi connectivity index (χ4v) is 5.79. The molecular weight excluding hydrogens is 374 g/mol. The molecule has 28 heavy (non-hydrogen) atoms. The Balaban J connectivity index is 1.67. The average molecular weight is 404 g/mol. The summed E-state index contributed by atoms with van der Waals surface area (Å²) < 4.78 is 12.8. The highest BCUT2D eigenvalue weighted by molar-refractivity contribution is 6.80. The quantitative estimate of drug-likeness (QED) is 0.438. The van der Waals surface area contributed by atoms with E-state index < -0.39 is 31.7 Å². The number of amides is 1. The van der Waals surface area contributed by atoms with Crippen molar-refractivity contribution in [1.29, 1.82) is 0 Å². The molecule has 2 heterocycles. The summed E-state index contributed by atoms with van der Waals surface area (Å²) in [6.07, 6.45) is 0.166. The monoisotopic (exact) mass is 403 g/mol. The molecule has 1 aromatic carbocycles. The first kappa shape index (κ1) is 20.6. The van der Waals surface area contributed by atoms with E-state index in [1.165, 1.54) is 0 Å². The molecule has 2 atom stereocenters. The fourth-order valence-electron chi connectivity index (χ4n) is 3.62. The van der Waals surface area contributed by atoms with Crippen LogP contribution in [0.25, 0.3) is 0 Å². The number of hydrogen-bond acceptors (Lipinski definition) is 5. The number of nitrogens with zero attached hydrogens (tertiary/aromatic N) is 1. The molecule has 1 amide bonds. The number of rotatable bonds is 4. The van der Waals surface area contributed by atoms with E-state index in [0.717, 1.165) is 5.56 Å². The molecule has 2 saturated heterocycles. The summed E-state index contributed by atoms with van der Waals surface area (Å²) in [6.45, 7) is 11.2. The first-order chi connectivity index (χ1) is 13.0. The van der Waals surface area contributed by atoms with Gasteiger partial charge in [0.2, 0.25) is 5.60 Å². The molecule has 3 rings (SSSR count). The standard InChI is InChI=1S/C21H29NO5Si/c1-20(2,3)28(4,5)22-14-21(19(22)25)12-16(11-17(23)27-21)18(24)26-13-15-9-7-6-8-10-15/h6-10,16H,11-14H2,1-5H3/t16-,21-/m0/s1. The molecule has 0 N–H and O–H groups in total. The minimum Gasteiger partial charge on any atom is -0.461 e. The number of benzene rings is 1. The van der Waals surface area contributed by atoms with Gasteiger partial charge in [-0.15, -0.1) is 0 Å². The Kier molecular flexibility index (Phi) is 5.16. The van der Waals surface area contributed by atoms with Crippen LogP contribution in [0.5, 0.6) is 0 Å². The van der Waals surface area contributed by atoms with Crippen molar-refractivity contribution in [2.24, 2.45) is 5.92 Å². The summed E-state index contributed by atoms with van der Waals surface area (Å²) in [5.74, 6) is -1.75. The summed E-state index contributed by atoms with van der Waals surface area (Å²) in [4.78, 5) is 37.8. The molecule has 152 valence electrons. The van der Waals surface area contributed by atoms with Gasteiger partial charge in [0.05, 0.1) is 18.9 Å². The number of esters is 2. The van der Waals surface area contributed by atoms with Crippen LogP contribution in [0.15, 0.2) is 30.3 Å². The molecule has 0 radical (unpaired) electrons. The van der Waals surface area contributed by atoms with Crippen molar-refractivity contribution in [2.75, 3.05) is 6.54 Å². The Morgan fingerprint density at radius 1 is 1.25 bits per heavy atom. The van der Waals surface area contributed by atoms with Crippen molar-refractivity contribution >= 4 is 26.1 Å². The van der Waals surface area contributed by atoms with Gasteiger partial charge in [0.15, 0.2) is 8.24 Å². The number of carbonyl (C=O) groups excluding carboxylic acids is 3. The van der Waals surface area contributed by atoms with Gasteiger partial charge in [0.25, 0.3) is 5.91 Å². The van der Waals surface area contributed by atoms with Gasteiger partial charge < -0.3 is 14.0 Å². The predicted molar refractivity (Wildman–Crippen MR) is 107 cm³/mol. The van der Waals surface area contributed by atoms with E-state index >= 15 is 0 Å². The molecule has 1 spiro atoms. The number of hydrogen-bond donors (Lipinski definition) is 0. The summed E-state index contributed by atoms with van der Waals surface area (Å²) in [5, 5.41) is -0.00301. The molecule has 7 heteroatoms. The van der Waals surface area contributed by atoms with Gasteiger partial charge in [-0.2, -0.15) is 0 Å². The lowest BCUT2D eigenvalue weighted by molar-refractivity contribution is -0.202. The van der Waals surface area contributed by atoms with Crippen molar-refractivity contribution in [2.45, 2.75) is 64.0 Å². The third kappa shape index (κ3) is 3.59. The smallest absolute Gasteiger partial charge is 0.310 e. The summed E-state index contributed by atoms with van der Waals surface area (Å²) in [7, 11) is -2.05. The molecule has 0 unspecified atom stereocenters. The SMILES string of the molecule is CC(C)(C)[Si](C)(C)N1C[C@@]2(C[C@@H](C(=O)OCc3ccccc3)CC(=O)O2)C1=O. The van der Waals surface area contributed by atoms with Gasteiger partial charge in [0.1, 0.15) is 6.61 Å². The largest absolute Gasteiger partial charge is 0.461 e. The maximum absolute atomic E-state index is 13.1.